The van der Waals surface area contributed by atoms with E-state index < -0.39 is 6.04 Å². The van der Waals surface area contributed by atoms with Gasteiger partial charge in [0.05, 0.1) is 18.3 Å². The smallest absolute Gasteiger partial charge is 0.275 e. The molecule has 2 aromatic heterocycles. The van der Waals surface area contributed by atoms with E-state index in [1.165, 1.54) is 0 Å². The van der Waals surface area contributed by atoms with Crippen LogP contribution in [0.4, 0.5) is 0 Å². The zero-order chi connectivity index (χ0) is 19.8. The molecule has 2 atom stereocenters. The number of para-hydroxylation sites is 1. The predicted octanol–water partition coefficient (Wildman–Crippen LogP) is 1.90. The molecule has 8 nitrogen and oxygen atoms in total. The lowest BCUT2D eigenvalue weighted by molar-refractivity contribution is -0.125. The third kappa shape index (κ3) is 3.53. The number of amides is 2. The maximum absolute atomic E-state index is 13.3. The summed E-state index contributed by atoms with van der Waals surface area (Å²) >= 11 is 0. The highest BCUT2D eigenvalue weighted by molar-refractivity contribution is 6.06. The summed E-state index contributed by atoms with van der Waals surface area (Å²) in [6, 6.07) is 10.7. The van der Waals surface area contributed by atoms with Crippen molar-refractivity contribution in [2.24, 2.45) is 0 Å². The summed E-state index contributed by atoms with van der Waals surface area (Å²) in [5.41, 5.74) is 1.11. The van der Waals surface area contributed by atoms with Gasteiger partial charge in [0.1, 0.15) is 17.9 Å². The number of carbonyl (C=O) groups is 2. The van der Waals surface area contributed by atoms with E-state index in [-0.39, 0.29) is 24.0 Å². The third-order valence-electron chi connectivity index (χ3n) is 5.36. The lowest BCUT2D eigenvalue weighted by atomic mass is 10.1. The van der Waals surface area contributed by atoms with Crippen molar-refractivity contribution in [2.45, 2.75) is 37.5 Å². The molecule has 1 aliphatic heterocycles. The second-order valence-corrected chi connectivity index (χ2v) is 7.54. The number of H-pyrrole nitrogens is 1. The number of aromatic amines is 1. The Bertz CT molecular complexity index is 1050. The first-order chi connectivity index (χ1) is 14.2. The van der Waals surface area contributed by atoms with Gasteiger partial charge in [0.15, 0.2) is 5.69 Å². The molecule has 29 heavy (non-hydrogen) atoms. The molecule has 8 heteroatoms. The molecule has 1 aliphatic carbocycles. The number of nitrogens with zero attached hydrogens (tertiary/aromatic N) is 3. The van der Waals surface area contributed by atoms with E-state index in [2.05, 4.69) is 20.5 Å². The van der Waals surface area contributed by atoms with Crippen LogP contribution in [0.3, 0.4) is 0 Å². The second kappa shape index (κ2) is 7.20. The highest BCUT2D eigenvalue weighted by Gasteiger charge is 2.43. The summed E-state index contributed by atoms with van der Waals surface area (Å²) in [6.07, 6.45) is 5.43. The minimum Gasteiger partial charge on any atom is -0.487 e. The van der Waals surface area contributed by atoms with E-state index >= 15 is 0 Å². The number of nitrogens with one attached hydrogen (secondary N) is 2. The number of likely N-dealkylation sites (tertiary alicyclic amines) is 1. The Morgan fingerprint density at radius 3 is 2.83 bits per heavy atom. The fraction of sp³-hybridized carbons (Fsp3) is 0.333. The van der Waals surface area contributed by atoms with Gasteiger partial charge in [-0.1, -0.05) is 18.2 Å². The Balaban J connectivity index is 1.41. The van der Waals surface area contributed by atoms with Crippen molar-refractivity contribution in [1.29, 1.82) is 0 Å². The standard InChI is InChI=1S/C21H21N5O3/c27-20(23-13-7-8-13)18-10-15(29-14-4-3-9-22-11-14)12-26(18)21(28)19-16-5-1-2-6-17(16)24-25-19/h1-6,9,11,13,15,18H,7-8,10,12H2,(H,23,27)(H,24,25)/t15-,18-/m0/s1. The highest BCUT2D eigenvalue weighted by Crippen LogP contribution is 2.27. The zero-order valence-electron chi connectivity index (χ0n) is 15.7. The van der Waals surface area contributed by atoms with Gasteiger partial charge in [0.2, 0.25) is 5.91 Å². The van der Waals surface area contributed by atoms with Crippen LogP contribution in [0.5, 0.6) is 5.75 Å². The fourth-order valence-corrected chi connectivity index (χ4v) is 3.75. The molecule has 5 rings (SSSR count). The van der Waals surface area contributed by atoms with Crippen LogP contribution in [0.1, 0.15) is 29.8 Å². The summed E-state index contributed by atoms with van der Waals surface area (Å²) in [4.78, 5) is 31.8. The molecule has 1 saturated heterocycles. The summed E-state index contributed by atoms with van der Waals surface area (Å²) in [7, 11) is 0. The first kappa shape index (κ1) is 17.7. The lowest BCUT2D eigenvalue weighted by Crippen LogP contribution is -2.46. The molecule has 2 fully saturated rings. The normalized spacial score (nSPS) is 21.3. The van der Waals surface area contributed by atoms with Gasteiger partial charge in [-0.2, -0.15) is 5.10 Å². The van der Waals surface area contributed by atoms with Crippen molar-refractivity contribution >= 4 is 22.7 Å². The van der Waals surface area contributed by atoms with E-state index in [9.17, 15) is 9.59 Å². The summed E-state index contributed by atoms with van der Waals surface area (Å²) in [6.45, 7) is 0.317. The quantitative estimate of drug-likeness (QED) is 0.692. The minimum atomic E-state index is -0.583. The zero-order valence-corrected chi connectivity index (χ0v) is 15.7. The van der Waals surface area contributed by atoms with Crippen LogP contribution < -0.4 is 10.1 Å². The molecule has 3 heterocycles. The molecule has 0 spiro atoms. The van der Waals surface area contributed by atoms with Gasteiger partial charge in [0, 0.05) is 24.0 Å². The minimum absolute atomic E-state index is 0.127. The topological polar surface area (TPSA) is 100 Å². The summed E-state index contributed by atoms with van der Waals surface area (Å²) in [5.74, 6) is 0.229. The molecule has 0 bridgehead atoms. The van der Waals surface area contributed by atoms with Crippen molar-refractivity contribution in [3.63, 3.8) is 0 Å². The molecule has 1 saturated carbocycles. The molecule has 148 valence electrons. The van der Waals surface area contributed by atoms with Gasteiger partial charge in [-0.15, -0.1) is 0 Å². The van der Waals surface area contributed by atoms with Gasteiger partial charge in [-0.3, -0.25) is 19.7 Å². The predicted molar refractivity (Wildman–Crippen MR) is 105 cm³/mol. The number of pyridine rings is 1. The van der Waals surface area contributed by atoms with Gasteiger partial charge in [-0.25, -0.2) is 0 Å². The van der Waals surface area contributed by atoms with Crippen LogP contribution in [0, 0.1) is 0 Å². The Kier molecular flexibility index (Phi) is 4.38. The number of rotatable bonds is 5. The van der Waals surface area contributed by atoms with E-state index in [1.54, 1.807) is 23.4 Å². The third-order valence-corrected chi connectivity index (χ3v) is 5.36. The maximum atomic E-state index is 13.3. The number of carbonyl (C=O) groups excluding carboxylic acids is 2. The van der Waals surface area contributed by atoms with Gasteiger partial charge >= 0.3 is 0 Å². The second-order valence-electron chi connectivity index (χ2n) is 7.54. The monoisotopic (exact) mass is 391 g/mol. The molecule has 1 aromatic carbocycles. The fourth-order valence-electron chi connectivity index (χ4n) is 3.75. The molecule has 3 aromatic rings. The Morgan fingerprint density at radius 1 is 1.17 bits per heavy atom. The van der Waals surface area contributed by atoms with Crippen molar-refractivity contribution in [1.82, 2.24) is 25.4 Å². The largest absolute Gasteiger partial charge is 0.487 e. The van der Waals surface area contributed by atoms with E-state index in [0.717, 1.165) is 23.7 Å². The molecule has 2 N–H and O–H groups in total. The number of fused-ring (bicyclic) bond motifs is 1. The average molecular weight is 391 g/mol. The number of benzene rings is 1. The van der Waals surface area contributed by atoms with E-state index in [0.29, 0.717) is 24.4 Å². The van der Waals surface area contributed by atoms with E-state index in [1.807, 2.05) is 30.3 Å². The first-order valence-electron chi connectivity index (χ1n) is 9.80. The Hall–Kier alpha value is -3.42. The van der Waals surface area contributed by atoms with Crippen LogP contribution >= 0.6 is 0 Å². The molecule has 0 unspecified atom stereocenters. The van der Waals surface area contributed by atoms with Crippen LogP contribution in [0.2, 0.25) is 0 Å². The molecule has 2 aliphatic rings. The number of hydrogen-bond acceptors (Lipinski definition) is 5. The summed E-state index contributed by atoms with van der Waals surface area (Å²) < 4.78 is 6.00. The highest BCUT2D eigenvalue weighted by atomic mass is 16.5. The van der Waals surface area contributed by atoms with Crippen molar-refractivity contribution < 1.29 is 14.3 Å². The SMILES string of the molecule is O=C(NC1CC1)[C@@H]1C[C@H](Oc2cccnc2)CN1C(=O)c1n[nH]c2ccccc12. The van der Waals surface area contributed by atoms with Crippen molar-refractivity contribution in [3.05, 3.63) is 54.5 Å². The van der Waals surface area contributed by atoms with Gasteiger partial charge in [-0.05, 0) is 31.0 Å². The van der Waals surface area contributed by atoms with Crippen LogP contribution in [-0.4, -0.2) is 56.6 Å². The molecule has 2 amide bonds. The summed E-state index contributed by atoms with van der Waals surface area (Å²) in [5, 5.41) is 10.9. The average Bonchev–Trinajstić information content (AvgIpc) is 3.29. The molecular weight excluding hydrogens is 370 g/mol. The van der Waals surface area contributed by atoms with Crippen LogP contribution in [-0.2, 0) is 4.79 Å². The Morgan fingerprint density at radius 2 is 2.03 bits per heavy atom. The van der Waals surface area contributed by atoms with E-state index in [4.69, 9.17) is 4.74 Å². The number of ether oxygens (including phenoxy) is 1. The number of hydrogen-bond donors (Lipinski definition) is 2. The van der Waals surface area contributed by atoms with Crippen LogP contribution in [0.15, 0.2) is 48.8 Å². The first-order valence-corrected chi connectivity index (χ1v) is 9.80. The number of aromatic nitrogens is 3. The van der Waals surface area contributed by atoms with Crippen molar-refractivity contribution in [2.75, 3.05) is 6.54 Å². The lowest BCUT2D eigenvalue weighted by Gasteiger charge is -2.22. The molecular formula is C21H21N5O3. The van der Waals surface area contributed by atoms with Gasteiger partial charge < -0.3 is 15.0 Å². The van der Waals surface area contributed by atoms with Crippen molar-refractivity contribution in [3.8, 4) is 5.75 Å². The maximum Gasteiger partial charge on any atom is 0.275 e. The van der Waals surface area contributed by atoms with Gasteiger partial charge in [0.25, 0.3) is 5.91 Å². The molecule has 0 radical (unpaired) electrons. The van der Waals surface area contributed by atoms with Crippen LogP contribution in [0.25, 0.3) is 10.9 Å². The Labute approximate surface area is 167 Å².